The predicted molar refractivity (Wildman–Crippen MR) is 60.5 cm³/mol. The molecule has 0 fully saturated rings. The third-order valence-electron chi connectivity index (χ3n) is 1.82. The first-order chi connectivity index (χ1) is 7.34. The summed E-state index contributed by atoms with van der Waals surface area (Å²) in [6.45, 7) is 0.450. The zero-order chi connectivity index (χ0) is 10.5. The van der Waals surface area contributed by atoms with Gasteiger partial charge in [-0.3, -0.25) is 0 Å². The van der Waals surface area contributed by atoms with Gasteiger partial charge in [-0.25, -0.2) is 9.97 Å². The van der Waals surface area contributed by atoms with Gasteiger partial charge in [-0.2, -0.15) is 0 Å². The quantitative estimate of drug-likeness (QED) is 0.800. The van der Waals surface area contributed by atoms with Gasteiger partial charge in [0.15, 0.2) is 0 Å². The fourth-order valence-electron chi connectivity index (χ4n) is 1.12. The van der Waals surface area contributed by atoms with Gasteiger partial charge >= 0.3 is 0 Å². The maximum Gasteiger partial charge on any atom is 0.130 e. The molecule has 0 unspecified atom stereocenters. The lowest BCUT2D eigenvalue weighted by Gasteiger charge is -2.04. The Morgan fingerprint density at radius 2 is 1.93 bits per heavy atom. The van der Waals surface area contributed by atoms with Crippen LogP contribution in [-0.2, 0) is 6.61 Å². The van der Waals surface area contributed by atoms with E-state index in [1.54, 1.807) is 0 Å². The molecule has 76 valence electrons. The Labute approximate surface area is 96.3 Å². The summed E-state index contributed by atoms with van der Waals surface area (Å²) in [4.78, 5) is 8.03. The molecule has 0 spiro atoms. The van der Waals surface area contributed by atoms with Crippen LogP contribution in [0.1, 0.15) is 5.69 Å². The standard InChI is InChI=1S/C11H9BrN2O/c12-11-6-9(13-8-14-11)7-15-10-4-2-1-3-5-10/h1-6,8H,7H2. The predicted octanol–water partition coefficient (Wildman–Crippen LogP) is 2.82. The fourth-order valence-corrected chi connectivity index (χ4v) is 1.48. The van der Waals surface area contributed by atoms with E-state index >= 15 is 0 Å². The minimum absolute atomic E-state index is 0.450. The van der Waals surface area contributed by atoms with E-state index in [4.69, 9.17) is 4.74 Å². The number of halogens is 1. The topological polar surface area (TPSA) is 35.0 Å². The molecule has 0 amide bonds. The molecule has 0 N–H and O–H groups in total. The third-order valence-corrected chi connectivity index (χ3v) is 2.25. The van der Waals surface area contributed by atoms with E-state index in [9.17, 15) is 0 Å². The van der Waals surface area contributed by atoms with Crippen LogP contribution in [0.15, 0.2) is 47.3 Å². The second kappa shape index (κ2) is 4.89. The van der Waals surface area contributed by atoms with Crippen LogP contribution in [0.3, 0.4) is 0 Å². The average Bonchev–Trinajstić information content (AvgIpc) is 2.28. The minimum Gasteiger partial charge on any atom is -0.487 e. The summed E-state index contributed by atoms with van der Waals surface area (Å²) in [6, 6.07) is 11.5. The van der Waals surface area contributed by atoms with Crippen LogP contribution in [-0.4, -0.2) is 9.97 Å². The Bertz CT molecular complexity index is 434. The number of aromatic nitrogens is 2. The Balaban J connectivity index is 1.99. The second-order valence-corrected chi connectivity index (χ2v) is 3.75. The number of ether oxygens (including phenoxy) is 1. The van der Waals surface area contributed by atoms with Gasteiger partial charge in [-0.15, -0.1) is 0 Å². The van der Waals surface area contributed by atoms with Crippen LogP contribution >= 0.6 is 15.9 Å². The van der Waals surface area contributed by atoms with E-state index in [2.05, 4.69) is 25.9 Å². The summed E-state index contributed by atoms with van der Waals surface area (Å²) in [5.41, 5.74) is 0.848. The molecule has 0 atom stereocenters. The summed E-state index contributed by atoms with van der Waals surface area (Å²) in [5, 5.41) is 0. The smallest absolute Gasteiger partial charge is 0.130 e. The minimum atomic E-state index is 0.450. The van der Waals surface area contributed by atoms with E-state index in [0.717, 1.165) is 16.0 Å². The maximum atomic E-state index is 5.54. The Morgan fingerprint density at radius 1 is 1.13 bits per heavy atom. The van der Waals surface area contributed by atoms with E-state index in [1.165, 1.54) is 6.33 Å². The Hall–Kier alpha value is -1.42. The Kier molecular flexibility index (Phi) is 3.29. The van der Waals surface area contributed by atoms with Gasteiger partial charge in [0, 0.05) is 0 Å². The molecular formula is C11H9BrN2O. The van der Waals surface area contributed by atoms with E-state index in [-0.39, 0.29) is 0 Å². The number of benzene rings is 1. The van der Waals surface area contributed by atoms with Crippen molar-refractivity contribution in [3.63, 3.8) is 0 Å². The molecule has 1 heterocycles. The van der Waals surface area contributed by atoms with Gasteiger partial charge < -0.3 is 4.74 Å². The number of nitrogens with zero attached hydrogens (tertiary/aromatic N) is 2. The molecule has 1 aromatic carbocycles. The SMILES string of the molecule is Brc1cc(COc2ccccc2)ncn1. The van der Waals surface area contributed by atoms with Crippen molar-refractivity contribution in [2.45, 2.75) is 6.61 Å². The average molecular weight is 265 g/mol. The molecule has 0 saturated carbocycles. The van der Waals surface area contributed by atoms with Crippen LogP contribution in [0, 0.1) is 0 Å². The number of hydrogen-bond donors (Lipinski definition) is 0. The second-order valence-electron chi connectivity index (χ2n) is 2.93. The normalized spacial score (nSPS) is 9.93. The summed E-state index contributed by atoms with van der Waals surface area (Å²) in [6.07, 6.45) is 1.51. The highest BCUT2D eigenvalue weighted by Crippen LogP contribution is 2.11. The molecule has 0 aliphatic heterocycles. The van der Waals surface area contributed by atoms with Gasteiger partial charge in [0.25, 0.3) is 0 Å². The summed E-state index contributed by atoms with van der Waals surface area (Å²) in [7, 11) is 0. The number of rotatable bonds is 3. The molecule has 2 rings (SSSR count). The van der Waals surface area contributed by atoms with Crippen molar-refractivity contribution in [2.24, 2.45) is 0 Å². The molecule has 4 heteroatoms. The lowest BCUT2D eigenvalue weighted by Crippen LogP contribution is -1.98. The van der Waals surface area contributed by atoms with Crippen LogP contribution in [0.2, 0.25) is 0 Å². The first-order valence-electron chi connectivity index (χ1n) is 4.49. The van der Waals surface area contributed by atoms with Crippen molar-refractivity contribution < 1.29 is 4.74 Å². The highest BCUT2D eigenvalue weighted by Gasteiger charge is 1.97. The molecule has 0 aliphatic rings. The third kappa shape index (κ3) is 3.02. The molecule has 2 aromatic rings. The molecule has 3 nitrogen and oxygen atoms in total. The molecule has 15 heavy (non-hydrogen) atoms. The monoisotopic (exact) mass is 264 g/mol. The van der Waals surface area contributed by atoms with Crippen molar-refractivity contribution in [1.29, 1.82) is 0 Å². The number of para-hydroxylation sites is 1. The van der Waals surface area contributed by atoms with Crippen LogP contribution in [0.25, 0.3) is 0 Å². The van der Waals surface area contributed by atoms with Crippen LogP contribution < -0.4 is 4.74 Å². The van der Waals surface area contributed by atoms with Crippen molar-refractivity contribution in [3.05, 3.63) is 53.0 Å². The molecule has 0 radical (unpaired) electrons. The lowest BCUT2D eigenvalue weighted by molar-refractivity contribution is 0.301. The molecule has 0 bridgehead atoms. The van der Waals surface area contributed by atoms with Gasteiger partial charge in [0.1, 0.15) is 23.3 Å². The van der Waals surface area contributed by atoms with Gasteiger partial charge in [-0.05, 0) is 34.1 Å². The fraction of sp³-hybridized carbons (Fsp3) is 0.0909. The summed E-state index contributed by atoms with van der Waals surface area (Å²) in [5.74, 6) is 0.840. The van der Waals surface area contributed by atoms with E-state index < -0.39 is 0 Å². The van der Waals surface area contributed by atoms with Crippen molar-refractivity contribution in [1.82, 2.24) is 9.97 Å². The number of hydrogen-bond acceptors (Lipinski definition) is 3. The molecule has 0 aliphatic carbocycles. The zero-order valence-corrected chi connectivity index (χ0v) is 9.52. The largest absolute Gasteiger partial charge is 0.487 e. The first kappa shape index (κ1) is 10.1. The van der Waals surface area contributed by atoms with Crippen LogP contribution in [0.5, 0.6) is 5.75 Å². The maximum absolute atomic E-state index is 5.54. The summed E-state index contributed by atoms with van der Waals surface area (Å²) >= 11 is 3.28. The van der Waals surface area contributed by atoms with Gasteiger partial charge in [0.05, 0.1) is 5.69 Å². The highest BCUT2D eigenvalue weighted by atomic mass is 79.9. The molecule has 1 aromatic heterocycles. The molecular weight excluding hydrogens is 256 g/mol. The van der Waals surface area contributed by atoms with Crippen molar-refractivity contribution >= 4 is 15.9 Å². The lowest BCUT2D eigenvalue weighted by atomic mass is 10.3. The van der Waals surface area contributed by atoms with Crippen molar-refractivity contribution in [2.75, 3.05) is 0 Å². The van der Waals surface area contributed by atoms with Gasteiger partial charge in [-0.1, -0.05) is 18.2 Å². The highest BCUT2D eigenvalue weighted by molar-refractivity contribution is 9.10. The van der Waals surface area contributed by atoms with Crippen molar-refractivity contribution in [3.8, 4) is 5.75 Å². The molecule has 0 saturated heterocycles. The summed E-state index contributed by atoms with van der Waals surface area (Å²) < 4.78 is 6.30. The van der Waals surface area contributed by atoms with Gasteiger partial charge in [0.2, 0.25) is 0 Å². The first-order valence-corrected chi connectivity index (χ1v) is 5.28. The van der Waals surface area contributed by atoms with E-state index in [1.807, 2.05) is 36.4 Å². The zero-order valence-electron chi connectivity index (χ0n) is 7.93. The Morgan fingerprint density at radius 3 is 2.67 bits per heavy atom. The van der Waals surface area contributed by atoms with Crippen LogP contribution in [0.4, 0.5) is 0 Å². The van der Waals surface area contributed by atoms with E-state index in [0.29, 0.717) is 6.61 Å².